The minimum atomic E-state index is -0.294. The molecule has 24 heavy (non-hydrogen) atoms. The van der Waals surface area contributed by atoms with E-state index in [0.29, 0.717) is 42.5 Å². The van der Waals surface area contributed by atoms with Gasteiger partial charge in [0.05, 0.1) is 19.1 Å². The number of aromatic nitrogens is 3. The SMILES string of the molecule is Cc1nc(-c2ccccn2)[nH]c(=O)c1CC(=O)N1CCOC(C)C1. The molecule has 2 aromatic heterocycles. The Labute approximate surface area is 139 Å². The Bertz CT molecular complexity index is 788. The maximum absolute atomic E-state index is 12.4. The van der Waals surface area contributed by atoms with Gasteiger partial charge >= 0.3 is 0 Å². The summed E-state index contributed by atoms with van der Waals surface area (Å²) in [6.45, 7) is 5.31. The van der Waals surface area contributed by atoms with Crippen LogP contribution >= 0.6 is 0 Å². The number of carbonyl (C=O) groups is 1. The number of aromatic amines is 1. The molecule has 1 unspecified atom stereocenters. The fraction of sp³-hybridized carbons (Fsp3) is 0.412. The van der Waals surface area contributed by atoms with Gasteiger partial charge in [0.25, 0.3) is 5.56 Å². The molecule has 0 saturated carbocycles. The number of ether oxygens (including phenoxy) is 1. The molecule has 1 amide bonds. The van der Waals surface area contributed by atoms with Gasteiger partial charge in [-0.3, -0.25) is 14.6 Å². The van der Waals surface area contributed by atoms with Crippen LogP contribution in [0.1, 0.15) is 18.2 Å². The molecule has 1 aliphatic rings. The lowest BCUT2D eigenvalue weighted by Gasteiger charge is -2.31. The molecule has 3 heterocycles. The van der Waals surface area contributed by atoms with E-state index >= 15 is 0 Å². The van der Waals surface area contributed by atoms with Crippen molar-refractivity contribution in [1.29, 1.82) is 0 Å². The van der Waals surface area contributed by atoms with Crippen LogP contribution in [0.2, 0.25) is 0 Å². The first-order valence-corrected chi connectivity index (χ1v) is 7.95. The monoisotopic (exact) mass is 328 g/mol. The maximum Gasteiger partial charge on any atom is 0.255 e. The van der Waals surface area contributed by atoms with Gasteiger partial charge in [-0.2, -0.15) is 0 Å². The highest BCUT2D eigenvalue weighted by Crippen LogP contribution is 2.12. The molecule has 1 fully saturated rings. The number of aryl methyl sites for hydroxylation is 1. The smallest absolute Gasteiger partial charge is 0.255 e. The number of morpholine rings is 1. The van der Waals surface area contributed by atoms with E-state index in [1.807, 2.05) is 13.0 Å². The van der Waals surface area contributed by atoms with Crippen molar-refractivity contribution in [2.45, 2.75) is 26.4 Å². The average Bonchev–Trinajstić information content (AvgIpc) is 2.58. The summed E-state index contributed by atoms with van der Waals surface area (Å²) >= 11 is 0. The zero-order valence-electron chi connectivity index (χ0n) is 13.8. The first-order chi connectivity index (χ1) is 11.5. The molecule has 1 saturated heterocycles. The highest BCUT2D eigenvalue weighted by molar-refractivity contribution is 5.79. The van der Waals surface area contributed by atoms with Gasteiger partial charge in [-0.1, -0.05) is 6.07 Å². The van der Waals surface area contributed by atoms with E-state index in [1.54, 1.807) is 30.2 Å². The summed E-state index contributed by atoms with van der Waals surface area (Å²) in [6.07, 6.45) is 1.71. The van der Waals surface area contributed by atoms with Gasteiger partial charge in [0.15, 0.2) is 5.82 Å². The number of hydrogen-bond acceptors (Lipinski definition) is 5. The van der Waals surface area contributed by atoms with Crippen LogP contribution in [-0.4, -0.2) is 51.6 Å². The molecule has 0 aromatic carbocycles. The largest absolute Gasteiger partial charge is 0.375 e. The molecule has 7 heteroatoms. The van der Waals surface area contributed by atoms with Crippen molar-refractivity contribution in [1.82, 2.24) is 19.9 Å². The molecule has 0 bridgehead atoms. The molecule has 3 rings (SSSR count). The molecular weight excluding hydrogens is 308 g/mol. The summed E-state index contributed by atoms with van der Waals surface area (Å²) in [6, 6.07) is 5.40. The van der Waals surface area contributed by atoms with Crippen molar-refractivity contribution < 1.29 is 9.53 Å². The highest BCUT2D eigenvalue weighted by atomic mass is 16.5. The zero-order valence-corrected chi connectivity index (χ0v) is 13.8. The summed E-state index contributed by atoms with van der Waals surface area (Å²) < 4.78 is 5.44. The van der Waals surface area contributed by atoms with Crippen LogP contribution in [0.5, 0.6) is 0 Å². The van der Waals surface area contributed by atoms with Crippen LogP contribution < -0.4 is 5.56 Å². The highest BCUT2D eigenvalue weighted by Gasteiger charge is 2.23. The van der Waals surface area contributed by atoms with Gasteiger partial charge in [-0.25, -0.2) is 4.98 Å². The topological polar surface area (TPSA) is 88.2 Å². The normalized spacial score (nSPS) is 17.8. The van der Waals surface area contributed by atoms with Crippen LogP contribution in [0, 0.1) is 6.92 Å². The van der Waals surface area contributed by atoms with Crippen molar-refractivity contribution in [3.63, 3.8) is 0 Å². The third-order valence-corrected chi connectivity index (χ3v) is 4.05. The maximum atomic E-state index is 12.4. The average molecular weight is 328 g/mol. The van der Waals surface area contributed by atoms with Gasteiger partial charge < -0.3 is 14.6 Å². The number of nitrogens with one attached hydrogen (secondary N) is 1. The Morgan fingerprint density at radius 3 is 2.96 bits per heavy atom. The van der Waals surface area contributed by atoms with E-state index in [1.165, 1.54) is 0 Å². The number of amides is 1. The minimum absolute atomic E-state index is 0.0201. The molecule has 0 radical (unpaired) electrons. The van der Waals surface area contributed by atoms with Crippen LogP contribution in [-0.2, 0) is 16.0 Å². The van der Waals surface area contributed by atoms with Crippen LogP contribution in [0.3, 0.4) is 0 Å². The van der Waals surface area contributed by atoms with Gasteiger partial charge in [-0.15, -0.1) is 0 Å². The zero-order chi connectivity index (χ0) is 17.1. The Hall–Kier alpha value is -2.54. The standard InChI is InChI=1S/C17H20N4O3/c1-11-10-21(7-8-24-11)15(22)9-13-12(2)19-16(20-17(13)23)14-5-3-4-6-18-14/h3-6,11H,7-10H2,1-2H3,(H,19,20,23). The summed E-state index contributed by atoms with van der Waals surface area (Å²) in [5, 5.41) is 0. The Kier molecular flexibility index (Phi) is 4.71. The molecule has 1 aliphatic heterocycles. The number of carbonyl (C=O) groups excluding carboxylic acids is 1. The predicted octanol–water partition coefficient (Wildman–Crippen LogP) is 0.930. The summed E-state index contributed by atoms with van der Waals surface area (Å²) in [5.41, 5.74) is 1.25. The molecule has 2 aromatic rings. The lowest BCUT2D eigenvalue weighted by Crippen LogP contribution is -2.45. The molecule has 7 nitrogen and oxygen atoms in total. The molecule has 126 valence electrons. The second-order valence-electron chi connectivity index (χ2n) is 5.89. The van der Waals surface area contributed by atoms with Crippen LogP contribution in [0.15, 0.2) is 29.2 Å². The van der Waals surface area contributed by atoms with E-state index in [9.17, 15) is 9.59 Å². The van der Waals surface area contributed by atoms with Gasteiger partial charge in [0, 0.05) is 30.5 Å². The van der Waals surface area contributed by atoms with Crippen molar-refractivity contribution in [2.75, 3.05) is 19.7 Å². The van der Waals surface area contributed by atoms with Gasteiger partial charge in [0.2, 0.25) is 5.91 Å². The molecule has 1 N–H and O–H groups in total. The lowest BCUT2D eigenvalue weighted by molar-refractivity contribution is -0.137. The lowest BCUT2D eigenvalue weighted by atomic mass is 10.1. The Morgan fingerprint density at radius 1 is 1.46 bits per heavy atom. The van der Waals surface area contributed by atoms with Gasteiger partial charge in [0.1, 0.15) is 5.69 Å². The van der Waals surface area contributed by atoms with E-state index < -0.39 is 0 Å². The van der Waals surface area contributed by atoms with Crippen LogP contribution in [0.4, 0.5) is 0 Å². The first kappa shape index (κ1) is 16.3. The number of pyridine rings is 1. The van der Waals surface area contributed by atoms with Crippen molar-refractivity contribution in [3.8, 4) is 11.5 Å². The van der Waals surface area contributed by atoms with Crippen molar-refractivity contribution >= 4 is 5.91 Å². The van der Waals surface area contributed by atoms with Crippen molar-refractivity contribution in [3.05, 3.63) is 46.0 Å². The molecule has 0 aliphatic carbocycles. The summed E-state index contributed by atoms with van der Waals surface area (Å²) in [7, 11) is 0. The number of nitrogens with zero attached hydrogens (tertiary/aromatic N) is 3. The number of H-pyrrole nitrogens is 1. The van der Waals surface area contributed by atoms with Crippen molar-refractivity contribution in [2.24, 2.45) is 0 Å². The van der Waals surface area contributed by atoms with E-state index in [-0.39, 0.29) is 24.0 Å². The third-order valence-electron chi connectivity index (χ3n) is 4.05. The molecule has 1 atom stereocenters. The fourth-order valence-corrected chi connectivity index (χ4v) is 2.75. The Morgan fingerprint density at radius 2 is 2.29 bits per heavy atom. The fourth-order valence-electron chi connectivity index (χ4n) is 2.75. The van der Waals surface area contributed by atoms with Crippen LogP contribution in [0.25, 0.3) is 11.5 Å². The summed E-state index contributed by atoms with van der Waals surface area (Å²) in [5.74, 6) is 0.334. The minimum Gasteiger partial charge on any atom is -0.375 e. The molecule has 0 spiro atoms. The number of hydrogen-bond donors (Lipinski definition) is 1. The van der Waals surface area contributed by atoms with Gasteiger partial charge in [-0.05, 0) is 26.0 Å². The summed E-state index contributed by atoms with van der Waals surface area (Å²) in [4.78, 5) is 37.9. The quantitative estimate of drug-likeness (QED) is 0.905. The second-order valence-corrected chi connectivity index (χ2v) is 5.89. The van der Waals surface area contributed by atoms with E-state index in [4.69, 9.17) is 4.74 Å². The predicted molar refractivity (Wildman–Crippen MR) is 88.5 cm³/mol. The number of rotatable bonds is 3. The first-order valence-electron chi connectivity index (χ1n) is 7.95. The molecular formula is C17H20N4O3. The second kappa shape index (κ2) is 6.92. The van der Waals surface area contributed by atoms with E-state index in [0.717, 1.165) is 0 Å². The van der Waals surface area contributed by atoms with E-state index in [2.05, 4.69) is 15.0 Å². The third kappa shape index (κ3) is 3.51. The Balaban J connectivity index is 1.82.